The van der Waals surface area contributed by atoms with Crippen LogP contribution in [-0.4, -0.2) is 29.3 Å². The number of carbonyl (C=O) groups is 1. The van der Waals surface area contributed by atoms with Crippen molar-refractivity contribution < 1.29 is 14.3 Å². The van der Waals surface area contributed by atoms with Gasteiger partial charge in [0.2, 0.25) is 5.91 Å². The molecule has 0 saturated carbocycles. The van der Waals surface area contributed by atoms with Crippen molar-refractivity contribution in [1.29, 1.82) is 0 Å². The Hall–Kier alpha value is -3.22. The first-order chi connectivity index (χ1) is 13.1. The van der Waals surface area contributed by atoms with Crippen LogP contribution in [0.25, 0.3) is 11.0 Å². The summed E-state index contributed by atoms with van der Waals surface area (Å²) in [5, 5.41) is 2.85. The number of ether oxygens (including phenoxy) is 2. The summed E-state index contributed by atoms with van der Waals surface area (Å²) in [6.07, 6.45) is 0. The maximum Gasteiger partial charge on any atom is 0.329 e. The average molecular weight is 369 g/mol. The van der Waals surface area contributed by atoms with Gasteiger partial charge in [0, 0.05) is 18.7 Å². The lowest BCUT2D eigenvalue weighted by Crippen LogP contribution is -2.32. The van der Waals surface area contributed by atoms with Crippen molar-refractivity contribution in [3.63, 3.8) is 0 Å². The number of nitrogens with one attached hydrogen (secondary N) is 1. The van der Waals surface area contributed by atoms with Crippen molar-refractivity contribution in [1.82, 2.24) is 14.5 Å². The highest BCUT2D eigenvalue weighted by Crippen LogP contribution is 2.30. The van der Waals surface area contributed by atoms with Gasteiger partial charge < -0.3 is 14.8 Å². The van der Waals surface area contributed by atoms with E-state index in [-0.39, 0.29) is 24.7 Å². The SMILES string of the molecule is CCn1c(=O)n(CC(=O)NCc2cccc(OC)c2OC)c2ccccc21. The Morgan fingerprint density at radius 1 is 1.00 bits per heavy atom. The highest BCUT2D eigenvalue weighted by Gasteiger charge is 2.15. The second-order valence-electron chi connectivity index (χ2n) is 6.03. The molecule has 1 N–H and O–H groups in total. The van der Waals surface area contributed by atoms with E-state index in [0.29, 0.717) is 18.0 Å². The summed E-state index contributed by atoms with van der Waals surface area (Å²) in [5.74, 6) is 0.938. The highest BCUT2D eigenvalue weighted by atomic mass is 16.5. The van der Waals surface area contributed by atoms with E-state index >= 15 is 0 Å². The standard InChI is InChI=1S/C20H23N3O4/c1-4-22-15-9-5-6-10-16(15)23(20(22)25)13-18(24)21-12-14-8-7-11-17(26-2)19(14)27-3/h5-11H,4,12-13H2,1-3H3,(H,21,24). The molecule has 0 spiro atoms. The normalized spacial score (nSPS) is 10.8. The van der Waals surface area contributed by atoms with Gasteiger partial charge in [-0.25, -0.2) is 4.79 Å². The molecule has 27 heavy (non-hydrogen) atoms. The van der Waals surface area contributed by atoms with Gasteiger partial charge in [0.1, 0.15) is 6.54 Å². The van der Waals surface area contributed by atoms with E-state index < -0.39 is 0 Å². The summed E-state index contributed by atoms with van der Waals surface area (Å²) in [5.41, 5.74) is 2.19. The molecule has 0 aliphatic rings. The second-order valence-corrected chi connectivity index (χ2v) is 6.03. The predicted molar refractivity (Wildman–Crippen MR) is 103 cm³/mol. The van der Waals surface area contributed by atoms with Gasteiger partial charge in [-0.05, 0) is 25.1 Å². The molecule has 0 unspecified atom stereocenters. The zero-order valence-electron chi connectivity index (χ0n) is 15.7. The van der Waals surface area contributed by atoms with Crippen molar-refractivity contribution in [2.24, 2.45) is 0 Å². The van der Waals surface area contributed by atoms with Gasteiger partial charge in [-0.3, -0.25) is 13.9 Å². The minimum absolute atomic E-state index is 0.0430. The zero-order valence-corrected chi connectivity index (χ0v) is 15.7. The molecule has 0 fully saturated rings. The number of aromatic nitrogens is 2. The van der Waals surface area contributed by atoms with E-state index in [4.69, 9.17) is 9.47 Å². The Labute approximate surface area is 157 Å². The van der Waals surface area contributed by atoms with E-state index in [1.54, 1.807) is 24.9 Å². The number of fused-ring (bicyclic) bond motifs is 1. The van der Waals surface area contributed by atoms with E-state index in [2.05, 4.69) is 5.32 Å². The molecular weight excluding hydrogens is 346 g/mol. The van der Waals surface area contributed by atoms with E-state index in [1.807, 2.05) is 43.3 Å². The molecular formula is C20H23N3O4. The van der Waals surface area contributed by atoms with Crippen molar-refractivity contribution >= 4 is 16.9 Å². The van der Waals surface area contributed by atoms with Gasteiger partial charge in [-0.2, -0.15) is 0 Å². The number of hydrogen-bond acceptors (Lipinski definition) is 4. The van der Waals surface area contributed by atoms with Gasteiger partial charge in [0.25, 0.3) is 0 Å². The first kappa shape index (κ1) is 18.6. The summed E-state index contributed by atoms with van der Waals surface area (Å²) in [6.45, 7) is 2.70. The summed E-state index contributed by atoms with van der Waals surface area (Å²) < 4.78 is 13.8. The molecule has 1 aromatic heterocycles. The van der Waals surface area contributed by atoms with Crippen LogP contribution in [0.2, 0.25) is 0 Å². The Balaban J connectivity index is 1.79. The third-order valence-electron chi connectivity index (χ3n) is 4.50. The Bertz CT molecular complexity index is 1020. The lowest BCUT2D eigenvalue weighted by Gasteiger charge is -2.13. The van der Waals surface area contributed by atoms with Crippen LogP contribution in [0.4, 0.5) is 0 Å². The number of aryl methyl sites for hydroxylation is 1. The Kier molecular flexibility index (Phi) is 5.49. The molecule has 3 rings (SSSR count). The van der Waals surface area contributed by atoms with Crippen LogP contribution >= 0.6 is 0 Å². The van der Waals surface area contributed by atoms with Gasteiger partial charge in [-0.15, -0.1) is 0 Å². The smallest absolute Gasteiger partial charge is 0.329 e. The molecule has 2 aromatic carbocycles. The number of amides is 1. The minimum Gasteiger partial charge on any atom is -0.493 e. The number of imidazole rings is 1. The first-order valence-electron chi connectivity index (χ1n) is 8.75. The van der Waals surface area contributed by atoms with Crippen LogP contribution in [-0.2, 0) is 24.4 Å². The van der Waals surface area contributed by atoms with Gasteiger partial charge in [-0.1, -0.05) is 24.3 Å². The number of para-hydroxylation sites is 3. The van der Waals surface area contributed by atoms with Crippen molar-refractivity contribution in [3.05, 3.63) is 58.5 Å². The fraction of sp³-hybridized carbons (Fsp3) is 0.300. The number of nitrogens with zero attached hydrogens (tertiary/aromatic N) is 2. The molecule has 1 amide bonds. The van der Waals surface area contributed by atoms with Crippen molar-refractivity contribution in [3.8, 4) is 11.5 Å². The molecule has 142 valence electrons. The third-order valence-corrected chi connectivity index (χ3v) is 4.50. The second kappa shape index (κ2) is 7.99. The monoisotopic (exact) mass is 369 g/mol. The highest BCUT2D eigenvalue weighted by molar-refractivity contribution is 5.81. The van der Waals surface area contributed by atoms with Crippen LogP contribution in [0.3, 0.4) is 0 Å². The number of hydrogen-bond donors (Lipinski definition) is 1. The molecule has 7 nitrogen and oxygen atoms in total. The largest absolute Gasteiger partial charge is 0.493 e. The maximum absolute atomic E-state index is 12.6. The molecule has 0 bridgehead atoms. The lowest BCUT2D eigenvalue weighted by atomic mass is 10.2. The fourth-order valence-corrected chi connectivity index (χ4v) is 3.22. The molecule has 0 aliphatic carbocycles. The third kappa shape index (κ3) is 3.53. The van der Waals surface area contributed by atoms with E-state index in [0.717, 1.165) is 16.6 Å². The molecule has 7 heteroatoms. The van der Waals surface area contributed by atoms with Gasteiger partial charge in [0.15, 0.2) is 11.5 Å². The maximum atomic E-state index is 12.6. The molecule has 0 saturated heterocycles. The lowest BCUT2D eigenvalue weighted by molar-refractivity contribution is -0.121. The van der Waals surface area contributed by atoms with Crippen molar-refractivity contribution in [2.45, 2.75) is 26.6 Å². The Morgan fingerprint density at radius 3 is 2.33 bits per heavy atom. The predicted octanol–water partition coefficient (Wildman–Crippen LogP) is 2.16. The number of carbonyl (C=O) groups excluding carboxylic acids is 1. The van der Waals surface area contributed by atoms with Crippen LogP contribution in [0, 0.1) is 0 Å². The molecule has 3 aromatic rings. The molecule has 0 atom stereocenters. The van der Waals surface area contributed by atoms with Crippen LogP contribution < -0.4 is 20.5 Å². The molecule has 1 heterocycles. The average Bonchev–Trinajstić information content (AvgIpc) is 2.96. The first-order valence-corrected chi connectivity index (χ1v) is 8.75. The molecule has 0 radical (unpaired) electrons. The summed E-state index contributed by atoms with van der Waals surface area (Å²) in [7, 11) is 3.12. The van der Waals surface area contributed by atoms with Crippen LogP contribution in [0.1, 0.15) is 12.5 Å². The number of benzene rings is 2. The van der Waals surface area contributed by atoms with Crippen LogP contribution in [0.15, 0.2) is 47.3 Å². The van der Waals surface area contributed by atoms with Gasteiger partial charge >= 0.3 is 5.69 Å². The van der Waals surface area contributed by atoms with Crippen LogP contribution in [0.5, 0.6) is 11.5 Å². The molecule has 0 aliphatic heterocycles. The van der Waals surface area contributed by atoms with Crippen molar-refractivity contribution in [2.75, 3.05) is 14.2 Å². The summed E-state index contributed by atoms with van der Waals surface area (Å²) in [4.78, 5) is 25.1. The van der Waals surface area contributed by atoms with Gasteiger partial charge in [0.05, 0.1) is 25.3 Å². The quantitative estimate of drug-likeness (QED) is 0.693. The summed E-state index contributed by atoms with van der Waals surface area (Å²) >= 11 is 0. The Morgan fingerprint density at radius 2 is 1.70 bits per heavy atom. The fourth-order valence-electron chi connectivity index (χ4n) is 3.22. The number of rotatable bonds is 7. The topological polar surface area (TPSA) is 74.5 Å². The number of methoxy groups -OCH3 is 2. The zero-order chi connectivity index (χ0) is 19.4. The van der Waals surface area contributed by atoms with E-state index in [9.17, 15) is 9.59 Å². The van der Waals surface area contributed by atoms with E-state index in [1.165, 1.54) is 4.57 Å². The minimum atomic E-state index is -0.249. The summed E-state index contributed by atoms with van der Waals surface area (Å²) in [6, 6.07) is 13.0.